The van der Waals surface area contributed by atoms with Crippen LogP contribution in [0.5, 0.6) is 0 Å². The Morgan fingerprint density at radius 3 is 2.73 bits per heavy atom. The Kier molecular flexibility index (Phi) is 2.90. The summed E-state index contributed by atoms with van der Waals surface area (Å²) in [5, 5.41) is 8.66. The molecule has 0 aromatic heterocycles. The second-order valence-electron chi connectivity index (χ2n) is 2.62. The van der Waals surface area contributed by atoms with E-state index in [0.29, 0.717) is 12.0 Å². The Morgan fingerprint density at radius 1 is 1.27 bits per heavy atom. The lowest BCUT2D eigenvalue weighted by atomic mass is 10.1. The molecule has 1 N–H and O–H groups in total. The lowest BCUT2D eigenvalue weighted by molar-refractivity contribution is -0.132. The molecule has 0 amide bonds. The number of carboxylic acid groups (broad SMARTS) is 1. The van der Waals surface area contributed by atoms with Gasteiger partial charge in [-0.2, -0.15) is 0 Å². The molecule has 0 saturated carbocycles. The molecule has 0 fully saturated rings. The third kappa shape index (κ3) is 2.58. The lowest BCUT2D eigenvalue weighted by Gasteiger charge is -2.02. The summed E-state index contributed by atoms with van der Waals surface area (Å²) < 4.78 is 0. The highest BCUT2D eigenvalue weighted by molar-refractivity contribution is 5.86. The second-order valence-corrected chi connectivity index (χ2v) is 2.62. The molecule has 1 aliphatic carbocycles. The smallest absolute Gasteiger partial charge is 0.331 e. The summed E-state index contributed by atoms with van der Waals surface area (Å²) >= 11 is 0. The SMILES string of the molecule is O=C(O)C1=CCCC=CCC1. The van der Waals surface area contributed by atoms with Crippen LogP contribution in [0.1, 0.15) is 25.7 Å². The summed E-state index contributed by atoms with van der Waals surface area (Å²) in [6.07, 6.45) is 9.34. The predicted octanol–water partition coefficient (Wildman–Crippen LogP) is 2.13. The maximum Gasteiger partial charge on any atom is 0.331 e. The average Bonchev–Trinajstić information content (AvgIpc) is 1.84. The van der Waals surface area contributed by atoms with E-state index in [1.165, 1.54) is 0 Å². The standard InChI is InChI=1S/C9H12O2/c10-9(11)8-6-4-2-1-3-5-7-8/h1-2,7H,3-6H2,(H,10,11). The van der Waals surface area contributed by atoms with Crippen LogP contribution in [0.25, 0.3) is 0 Å². The molecule has 60 valence electrons. The molecule has 0 heterocycles. The third-order valence-electron chi connectivity index (χ3n) is 1.75. The monoisotopic (exact) mass is 152 g/mol. The summed E-state index contributed by atoms with van der Waals surface area (Å²) in [5.74, 6) is -0.764. The van der Waals surface area contributed by atoms with E-state index >= 15 is 0 Å². The van der Waals surface area contributed by atoms with Crippen molar-refractivity contribution in [2.75, 3.05) is 0 Å². The maximum atomic E-state index is 10.5. The first kappa shape index (κ1) is 8.05. The Hall–Kier alpha value is -1.05. The minimum absolute atomic E-state index is 0.564. The number of aliphatic carboxylic acids is 1. The van der Waals surface area contributed by atoms with Crippen LogP contribution >= 0.6 is 0 Å². The topological polar surface area (TPSA) is 37.3 Å². The average molecular weight is 152 g/mol. The van der Waals surface area contributed by atoms with Gasteiger partial charge in [0.15, 0.2) is 0 Å². The van der Waals surface area contributed by atoms with Crippen LogP contribution in [0.15, 0.2) is 23.8 Å². The van der Waals surface area contributed by atoms with E-state index in [4.69, 9.17) is 5.11 Å². The predicted molar refractivity (Wildman–Crippen MR) is 43.3 cm³/mol. The van der Waals surface area contributed by atoms with Crippen molar-refractivity contribution >= 4 is 5.97 Å². The van der Waals surface area contributed by atoms with Crippen molar-refractivity contribution in [1.82, 2.24) is 0 Å². The zero-order valence-corrected chi connectivity index (χ0v) is 6.42. The van der Waals surface area contributed by atoms with Crippen molar-refractivity contribution in [3.05, 3.63) is 23.8 Å². The van der Waals surface area contributed by atoms with Crippen molar-refractivity contribution < 1.29 is 9.90 Å². The number of allylic oxidation sites excluding steroid dienone is 3. The van der Waals surface area contributed by atoms with Gasteiger partial charge in [0.2, 0.25) is 0 Å². The van der Waals surface area contributed by atoms with Gasteiger partial charge in [-0.3, -0.25) is 0 Å². The minimum Gasteiger partial charge on any atom is -0.478 e. The van der Waals surface area contributed by atoms with E-state index in [1.54, 1.807) is 0 Å². The number of rotatable bonds is 1. The fourth-order valence-electron chi connectivity index (χ4n) is 1.12. The van der Waals surface area contributed by atoms with Gasteiger partial charge < -0.3 is 5.11 Å². The zero-order chi connectivity index (χ0) is 8.10. The molecule has 1 rings (SSSR count). The highest BCUT2D eigenvalue weighted by Crippen LogP contribution is 2.11. The molecule has 0 aliphatic heterocycles. The molecule has 2 heteroatoms. The van der Waals surface area contributed by atoms with Gasteiger partial charge >= 0.3 is 5.97 Å². The Balaban J connectivity index is 2.57. The molecule has 1 aliphatic rings. The van der Waals surface area contributed by atoms with E-state index in [9.17, 15) is 4.79 Å². The van der Waals surface area contributed by atoms with Crippen LogP contribution in [0.2, 0.25) is 0 Å². The quantitative estimate of drug-likeness (QED) is 0.584. The molecule has 0 aromatic rings. The van der Waals surface area contributed by atoms with E-state index < -0.39 is 5.97 Å². The number of carbonyl (C=O) groups is 1. The maximum absolute atomic E-state index is 10.5. The summed E-state index contributed by atoms with van der Waals surface area (Å²) in [4.78, 5) is 10.5. The molecule has 0 saturated heterocycles. The highest BCUT2D eigenvalue weighted by atomic mass is 16.4. The van der Waals surface area contributed by atoms with E-state index in [-0.39, 0.29) is 0 Å². The van der Waals surface area contributed by atoms with E-state index in [0.717, 1.165) is 19.3 Å². The summed E-state index contributed by atoms with van der Waals surface area (Å²) in [6.45, 7) is 0. The number of hydrogen-bond donors (Lipinski definition) is 1. The molecule has 0 spiro atoms. The van der Waals surface area contributed by atoms with Crippen LogP contribution in [0.4, 0.5) is 0 Å². The van der Waals surface area contributed by atoms with Crippen molar-refractivity contribution in [2.24, 2.45) is 0 Å². The first-order valence-electron chi connectivity index (χ1n) is 3.88. The molecule has 11 heavy (non-hydrogen) atoms. The van der Waals surface area contributed by atoms with Crippen LogP contribution < -0.4 is 0 Å². The van der Waals surface area contributed by atoms with Gasteiger partial charge in [0.25, 0.3) is 0 Å². The summed E-state index contributed by atoms with van der Waals surface area (Å²) in [5.41, 5.74) is 0.564. The fourth-order valence-corrected chi connectivity index (χ4v) is 1.12. The lowest BCUT2D eigenvalue weighted by Crippen LogP contribution is -2.00. The van der Waals surface area contributed by atoms with Crippen LogP contribution in [-0.4, -0.2) is 11.1 Å². The van der Waals surface area contributed by atoms with Gasteiger partial charge in [-0.1, -0.05) is 18.2 Å². The molecule has 0 unspecified atom stereocenters. The first-order chi connectivity index (χ1) is 5.30. The van der Waals surface area contributed by atoms with E-state index in [1.807, 2.05) is 6.08 Å². The molecular weight excluding hydrogens is 140 g/mol. The highest BCUT2D eigenvalue weighted by Gasteiger charge is 2.05. The molecule has 0 radical (unpaired) electrons. The molecule has 0 atom stereocenters. The summed E-state index contributed by atoms with van der Waals surface area (Å²) in [6, 6.07) is 0. The van der Waals surface area contributed by atoms with Gasteiger partial charge in [0, 0.05) is 5.57 Å². The van der Waals surface area contributed by atoms with E-state index in [2.05, 4.69) is 12.2 Å². The fraction of sp³-hybridized carbons (Fsp3) is 0.444. The van der Waals surface area contributed by atoms with Crippen LogP contribution in [-0.2, 0) is 4.79 Å². The minimum atomic E-state index is -0.764. The molecule has 0 aromatic carbocycles. The largest absolute Gasteiger partial charge is 0.478 e. The molecule has 2 nitrogen and oxygen atoms in total. The van der Waals surface area contributed by atoms with Crippen molar-refractivity contribution in [3.63, 3.8) is 0 Å². The Labute approximate surface area is 66.2 Å². The Morgan fingerprint density at radius 2 is 2.00 bits per heavy atom. The van der Waals surface area contributed by atoms with Gasteiger partial charge in [-0.15, -0.1) is 0 Å². The first-order valence-corrected chi connectivity index (χ1v) is 3.88. The van der Waals surface area contributed by atoms with Gasteiger partial charge in [-0.05, 0) is 25.7 Å². The van der Waals surface area contributed by atoms with Gasteiger partial charge in [-0.25, -0.2) is 4.79 Å². The number of carboxylic acids is 1. The van der Waals surface area contributed by atoms with Crippen molar-refractivity contribution in [1.29, 1.82) is 0 Å². The van der Waals surface area contributed by atoms with Crippen LogP contribution in [0.3, 0.4) is 0 Å². The van der Waals surface area contributed by atoms with Crippen molar-refractivity contribution in [2.45, 2.75) is 25.7 Å². The molecular formula is C9H12O2. The Bertz CT molecular complexity index is 202. The second kappa shape index (κ2) is 3.96. The molecule has 0 bridgehead atoms. The summed E-state index contributed by atoms with van der Waals surface area (Å²) in [7, 11) is 0. The van der Waals surface area contributed by atoms with Crippen molar-refractivity contribution in [3.8, 4) is 0 Å². The third-order valence-corrected chi connectivity index (χ3v) is 1.75. The number of hydrogen-bond acceptors (Lipinski definition) is 1. The normalized spacial score (nSPS) is 18.4. The van der Waals surface area contributed by atoms with Gasteiger partial charge in [0.05, 0.1) is 0 Å². The van der Waals surface area contributed by atoms with Crippen LogP contribution in [0, 0.1) is 0 Å². The zero-order valence-electron chi connectivity index (χ0n) is 6.42. The van der Waals surface area contributed by atoms with Gasteiger partial charge in [0.1, 0.15) is 0 Å².